The Hall–Kier alpha value is -3.52. The standard InChI is InChI=1S/C17H7F10N3O2/c1-3-6(13(31)4-2-5(18)8(20)9(21)7(4)19)16(32)30(29-3)12-10(22)14(17(25,26)27)28-15(24)11(12)23/h2,14,28-29H,1H3. The smallest absolute Gasteiger partial charge is 0.342 e. The molecule has 15 heteroatoms. The minimum atomic E-state index is -5.48. The lowest BCUT2D eigenvalue weighted by Crippen LogP contribution is -2.45. The fourth-order valence-corrected chi connectivity index (χ4v) is 2.87. The van der Waals surface area contributed by atoms with Crippen LogP contribution >= 0.6 is 0 Å². The molecule has 0 saturated carbocycles. The van der Waals surface area contributed by atoms with E-state index >= 15 is 0 Å². The lowest BCUT2D eigenvalue weighted by molar-refractivity contribution is -0.150. The van der Waals surface area contributed by atoms with E-state index in [0.717, 1.165) is 12.2 Å². The number of hydrogen-bond acceptors (Lipinski definition) is 3. The van der Waals surface area contributed by atoms with Gasteiger partial charge < -0.3 is 5.32 Å². The van der Waals surface area contributed by atoms with Gasteiger partial charge in [-0.3, -0.25) is 14.7 Å². The van der Waals surface area contributed by atoms with E-state index < -0.39 is 87.0 Å². The number of nitrogens with one attached hydrogen (secondary N) is 2. The molecular weight excluding hydrogens is 468 g/mol. The lowest BCUT2D eigenvalue weighted by atomic mass is 10.0. The number of rotatable bonds is 3. The molecule has 172 valence electrons. The minimum Gasteiger partial charge on any atom is -0.342 e. The van der Waals surface area contributed by atoms with E-state index in [9.17, 15) is 53.5 Å². The largest absolute Gasteiger partial charge is 0.415 e. The first-order valence-electron chi connectivity index (χ1n) is 8.16. The van der Waals surface area contributed by atoms with Gasteiger partial charge in [0.15, 0.2) is 35.1 Å². The van der Waals surface area contributed by atoms with Crippen molar-refractivity contribution in [2.45, 2.75) is 19.1 Å². The molecule has 2 aromatic rings. The Morgan fingerprint density at radius 2 is 1.59 bits per heavy atom. The van der Waals surface area contributed by atoms with Gasteiger partial charge in [-0.1, -0.05) is 0 Å². The Morgan fingerprint density at radius 3 is 2.16 bits per heavy atom. The number of alkyl halides is 3. The number of carbonyl (C=O) groups is 1. The molecule has 0 amide bonds. The van der Waals surface area contributed by atoms with Crippen molar-refractivity contribution >= 4 is 11.5 Å². The van der Waals surface area contributed by atoms with Crippen molar-refractivity contribution in [3.8, 4) is 0 Å². The molecule has 1 aliphatic heterocycles. The number of ketones is 1. The number of aromatic nitrogens is 2. The topological polar surface area (TPSA) is 66.9 Å². The minimum absolute atomic E-state index is 0.101. The summed E-state index contributed by atoms with van der Waals surface area (Å²) in [6.07, 6.45) is -5.48. The summed E-state index contributed by atoms with van der Waals surface area (Å²) in [6, 6.07) is -3.50. The Balaban J connectivity index is 2.23. The quantitative estimate of drug-likeness (QED) is 0.232. The van der Waals surface area contributed by atoms with Crippen molar-refractivity contribution < 1.29 is 48.7 Å². The molecule has 0 saturated heterocycles. The van der Waals surface area contributed by atoms with Gasteiger partial charge in [-0.25, -0.2) is 26.6 Å². The summed E-state index contributed by atoms with van der Waals surface area (Å²) >= 11 is 0. The highest BCUT2D eigenvalue weighted by Gasteiger charge is 2.49. The molecular formula is C17H7F10N3O2. The van der Waals surface area contributed by atoms with Gasteiger partial charge in [-0.05, 0) is 13.0 Å². The highest BCUT2D eigenvalue weighted by molar-refractivity contribution is 6.09. The number of hydrogen-bond donors (Lipinski definition) is 2. The second-order valence-electron chi connectivity index (χ2n) is 6.37. The fraction of sp³-hybridized carbons (Fsp3) is 0.176. The van der Waals surface area contributed by atoms with E-state index in [1.54, 1.807) is 0 Å². The molecule has 0 radical (unpaired) electrons. The summed E-state index contributed by atoms with van der Waals surface area (Å²) in [5.41, 5.74) is -7.06. The first-order chi connectivity index (χ1) is 14.7. The van der Waals surface area contributed by atoms with Crippen molar-refractivity contribution in [1.29, 1.82) is 0 Å². The number of nitrogens with zero attached hydrogens (tertiary/aromatic N) is 1. The monoisotopic (exact) mass is 475 g/mol. The van der Waals surface area contributed by atoms with E-state index in [1.165, 1.54) is 0 Å². The maximum atomic E-state index is 14.4. The second-order valence-corrected chi connectivity index (χ2v) is 6.37. The van der Waals surface area contributed by atoms with Gasteiger partial charge in [-0.15, -0.1) is 0 Å². The zero-order valence-electron chi connectivity index (χ0n) is 15.2. The third kappa shape index (κ3) is 3.46. The number of carbonyl (C=O) groups excluding carboxylic acids is 1. The molecule has 1 aromatic carbocycles. The number of aromatic amines is 1. The summed E-state index contributed by atoms with van der Waals surface area (Å²) in [5.74, 6) is -17.7. The van der Waals surface area contributed by atoms with Crippen molar-refractivity contribution in [2.75, 3.05) is 0 Å². The average Bonchev–Trinajstić information content (AvgIpc) is 2.98. The second kappa shape index (κ2) is 7.56. The Kier molecular flexibility index (Phi) is 5.47. The molecule has 32 heavy (non-hydrogen) atoms. The van der Waals surface area contributed by atoms with Gasteiger partial charge >= 0.3 is 6.18 Å². The SMILES string of the molecule is Cc1[nH]n(C2=C(F)C(C(F)(F)F)NC(F)=C2F)c(=O)c1C(=O)c1cc(F)c(F)c(F)c1F. The molecule has 1 unspecified atom stereocenters. The predicted octanol–water partition coefficient (Wildman–Crippen LogP) is 4.05. The maximum Gasteiger partial charge on any atom is 0.415 e. The molecule has 1 aromatic heterocycles. The van der Waals surface area contributed by atoms with Crippen LogP contribution < -0.4 is 10.9 Å². The maximum absolute atomic E-state index is 14.4. The summed E-state index contributed by atoms with van der Waals surface area (Å²) in [6.45, 7) is 0.859. The van der Waals surface area contributed by atoms with Crippen LogP contribution in [0.25, 0.3) is 5.70 Å². The predicted molar refractivity (Wildman–Crippen MR) is 86.0 cm³/mol. The number of H-pyrrole nitrogens is 1. The average molecular weight is 475 g/mol. The Bertz CT molecular complexity index is 1270. The van der Waals surface area contributed by atoms with Crippen LogP contribution in [0.1, 0.15) is 21.6 Å². The fourth-order valence-electron chi connectivity index (χ4n) is 2.87. The molecule has 2 heterocycles. The zero-order valence-corrected chi connectivity index (χ0v) is 15.2. The van der Waals surface area contributed by atoms with Crippen LogP contribution in [0.5, 0.6) is 0 Å². The van der Waals surface area contributed by atoms with E-state index in [2.05, 4.69) is 0 Å². The van der Waals surface area contributed by atoms with Crippen LogP contribution in [0.15, 0.2) is 28.5 Å². The van der Waals surface area contributed by atoms with Crippen LogP contribution in [0, 0.1) is 30.2 Å². The lowest BCUT2D eigenvalue weighted by Gasteiger charge is -2.25. The molecule has 0 spiro atoms. The van der Waals surface area contributed by atoms with E-state index in [0.29, 0.717) is 0 Å². The van der Waals surface area contributed by atoms with Crippen LogP contribution in [0.3, 0.4) is 0 Å². The third-order valence-corrected chi connectivity index (χ3v) is 4.35. The number of allylic oxidation sites excluding steroid dienone is 2. The van der Waals surface area contributed by atoms with Gasteiger partial charge in [0.25, 0.3) is 5.56 Å². The summed E-state index contributed by atoms with van der Waals surface area (Å²) in [4.78, 5) is 25.0. The van der Waals surface area contributed by atoms with Crippen LogP contribution in [-0.4, -0.2) is 27.8 Å². The Morgan fingerprint density at radius 1 is 1.00 bits per heavy atom. The number of halogens is 10. The van der Waals surface area contributed by atoms with Crippen LogP contribution in [0.2, 0.25) is 0 Å². The van der Waals surface area contributed by atoms with Crippen molar-refractivity contribution in [3.63, 3.8) is 0 Å². The molecule has 0 fully saturated rings. The Labute approximate surface area is 169 Å². The molecule has 0 aliphatic carbocycles. The first kappa shape index (κ1) is 23.1. The normalized spacial score (nSPS) is 17.2. The van der Waals surface area contributed by atoms with Gasteiger partial charge in [0.2, 0.25) is 17.6 Å². The molecule has 3 rings (SSSR count). The number of dihydropyridines is 1. The molecule has 0 bridgehead atoms. The van der Waals surface area contributed by atoms with Crippen LogP contribution in [0.4, 0.5) is 43.9 Å². The molecule has 5 nitrogen and oxygen atoms in total. The molecule has 2 N–H and O–H groups in total. The third-order valence-electron chi connectivity index (χ3n) is 4.35. The first-order valence-corrected chi connectivity index (χ1v) is 8.16. The van der Waals surface area contributed by atoms with Crippen molar-refractivity contribution in [3.05, 3.63) is 74.1 Å². The van der Waals surface area contributed by atoms with Gasteiger partial charge in [-0.2, -0.15) is 22.0 Å². The highest BCUT2D eigenvalue weighted by Crippen LogP contribution is 2.37. The van der Waals surface area contributed by atoms with Gasteiger partial charge in [0.05, 0.1) is 5.56 Å². The molecule has 1 atom stereocenters. The van der Waals surface area contributed by atoms with Gasteiger partial charge in [0.1, 0.15) is 11.3 Å². The molecule has 1 aliphatic rings. The highest BCUT2D eigenvalue weighted by atomic mass is 19.4. The van der Waals surface area contributed by atoms with Crippen molar-refractivity contribution in [1.82, 2.24) is 15.1 Å². The van der Waals surface area contributed by atoms with E-state index in [1.807, 2.05) is 5.10 Å². The number of aryl methyl sites for hydroxylation is 1. The zero-order chi connectivity index (χ0) is 24.3. The van der Waals surface area contributed by atoms with E-state index in [-0.39, 0.29) is 10.7 Å². The summed E-state index contributed by atoms with van der Waals surface area (Å²) < 4.78 is 134. The number of benzene rings is 1. The van der Waals surface area contributed by atoms with Gasteiger partial charge in [0, 0.05) is 5.69 Å². The van der Waals surface area contributed by atoms with E-state index in [4.69, 9.17) is 0 Å². The summed E-state index contributed by atoms with van der Waals surface area (Å²) in [7, 11) is 0. The van der Waals surface area contributed by atoms with Crippen LogP contribution in [-0.2, 0) is 0 Å². The summed E-state index contributed by atoms with van der Waals surface area (Å²) in [5, 5.41) is 2.70. The van der Waals surface area contributed by atoms with Crippen molar-refractivity contribution in [2.24, 2.45) is 0 Å².